The lowest BCUT2D eigenvalue weighted by molar-refractivity contribution is 0.159. The number of aliphatic hydroxyl groups is 1. The highest BCUT2D eigenvalue weighted by Crippen LogP contribution is 2.32. The Morgan fingerprint density at radius 3 is 2.82 bits per heavy atom. The number of aromatic nitrogens is 1. The third-order valence-electron chi connectivity index (χ3n) is 3.21. The van der Waals surface area contributed by atoms with Crippen molar-refractivity contribution in [3.8, 4) is 10.6 Å². The van der Waals surface area contributed by atoms with Crippen LogP contribution in [0.5, 0.6) is 0 Å². The SMILES string of the molecule is Cc1ccc(-c2nc3c(s2)CC(O)CC3)cc1. The molecular weight excluding hydrogens is 230 g/mol. The van der Waals surface area contributed by atoms with Crippen LogP contribution in [0.3, 0.4) is 0 Å². The number of nitrogens with zero attached hydrogens (tertiary/aromatic N) is 1. The van der Waals surface area contributed by atoms with Crippen LogP contribution >= 0.6 is 11.3 Å². The van der Waals surface area contributed by atoms with Gasteiger partial charge in [0.15, 0.2) is 0 Å². The van der Waals surface area contributed by atoms with Crippen LogP contribution in [0.25, 0.3) is 10.6 Å². The molecule has 1 unspecified atom stereocenters. The standard InChI is InChI=1S/C14H15NOS/c1-9-2-4-10(5-3-9)14-15-12-7-6-11(16)8-13(12)17-14/h2-5,11,16H,6-8H2,1H3. The van der Waals surface area contributed by atoms with Gasteiger partial charge in [0.05, 0.1) is 11.8 Å². The molecule has 3 rings (SSSR count). The van der Waals surface area contributed by atoms with Gasteiger partial charge in [-0.2, -0.15) is 0 Å². The molecule has 1 atom stereocenters. The highest BCUT2D eigenvalue weighted by molar-refractivity contribution is 7.15. The summed E-state index contributed by atoms with van der Waals surface area (Å²) in [5.74, 6) is 0. The average Bonchev–Trinajstić information content (AvgIpc) is 2.72. The summed E-state index contributed by atoms with van der Waals surface area (Å²) in [6.45, 7) is 2.09. The fourth-order valence-corrected chi connectivity index (χ4v) is 3.36. The van der Waals surface area contributed by atoms with Gasteiger partial charge in [0.1, 0.15) is 5.01 Å². The molecule has 88 valence electrons. The highest BCUT2D eigenvalue weighted by atomic mass is 32.1. The molecule has 0 saturated carbocycles. The molecule has 1 aliphatic rings. The lowest BCUT2D eigenvalue weighted by Crippen LogP contribution is -2.17. The number of hydrogen-bond donors (Lipinski definition) is 1. The second-order valence-electron chi connectivity index (χ2n) is 4.65. The van der Waals surface area contributed by atoms with Gasteiger partial charge < -0.3 is 5.11 Å². The van der Waals surface area contributed by atoms with Gasteiger partial charge in [-0.15, -0.1) is 11.3 Å². The maximum atomic E-state index is 9.65. The number of thiazole rings is 1. The molecule has 3 heteroatoms. The molecule has 0 aliphatic heterocycles. The van der Waals surface area contributed by atoms with Crippen molar-refractivity contribution in [3.63, 3.8) is 0 Å². The van der Waals surface area contributed by atoms with E-state index in [-0.39, 0.29) is 6.10 Å². The van der Waals surface area contributed by atoms with E-state index >= 15 is 0 Å². The third-order valence-corrected chi connectivity index (χ3v) is 4.38. The monoisotopic (exact) mass is 245 g/mol. The van der Waals surface area contributed by atoms with Gasteiger partial charge in [-0.1, -0.05) is 29.8 Å². The lowest BCUT2D eigenvalue weighted by Gasteiger charge is -2.14. The van der Waals surface area contributed by atoms with E-state index in [2.05, 4.69) is 31.2 Å². The smallest absolute Gasteiger partial charge is 0.123 e. The molecule has 1 N–H and O–H groups in total. The van der Waals surface area contributed by atoms with E-state index in [0.29, 0.717) is 0 Å². The maximum Gasteiger partial charge on any atom is 0.123 e. The Balaban J connectivity index is 1.97. The number of benzene rings is 1. The zero-order valence-corrected chi connectivity index (χ0v) is 10.6. The molecule has 2 nitrogen and oxygen atoms in total. The Morgan fingerprint density at radius 1 is 1.29 bits per heavy atom. The van der Waals surface area contributed by atoms with Gasteiger partial charge in [0, 0.05) is 16.9 Å². The predicted molar refractivity (Wildman–Crippen MR) is 70.3 cm³/mol. The van der Waals surface area contributed by atoms with Gasteiger partial charge in [0.2, 0.25) is 0 Å². The van der Waals surface area contributed by atoms with Crippen LogP contribution in [0.4, 0.5) is 0 Å². The first-order valence-corrected chi connectivity index (χ1v) is 6.78. The largest absolute Gasteiger partial charge is 0.393 e. The van der Waals surface area contributed by atoms with E-state index in [1.54, 1.807) is 11.3 Å². The fourth-order valence-electron chi connectivity index (χ4n) is 2.18. The van der Waals surface area contributed by atoms with Crippen molar-refractivity contribution in [1.82, 2.24) is 4.98 Å². The van der Waals surface area contributed by atoms with E-state index in [1.165, 1.54) is 21.7 Å². The van der Waals surface area contributed by atoms with E-state index < -0.39 is 0 Å². The summed E-state index contributed by atoms with van der Waals surface area (Å²) < 4.78 is 0. The van der Waals surface area contributed by atoms with Crippen molar-refractivity contribution < 1.29 is 5.11 Å². The summed E-state index contributed by atoms with van der Waals surface area (Å²) in [7, 11) is 0. The number of aryl methyl sites for hydroxylation is 2. The fraction of sp³-hybridized carbons (Fsp3) is 0.357. The first-order valence-electron chi connectivity index (χ1n) is 5.96. The van der Waals surface area contributed by atoms with Gasteiger partial charge in [-0.25, -0.2) is 4.98 Å². The number of hydrogen-bond acceptors (Lipinski definition) is 3. The Labute approximate surface area is 105 Å². The molecular formula is C14H15NOS. The minimum absolute atomic E-state index is 0.172. The minimum Gasteiger partial charge on any atom is -0.393 e. The van der Waals surface area contributed by atoms with Crippen LogP contribution in [0.1, 0.15) is 22.6 Å². The van der Waals surface area contributed by atoms with Crippen molar-refractivity contribution in [2.45, 2.75) is 32.3 Å². The molecule has 0 spiro atoms. The summed E-state index contributed by atoms with van der Waals surface area (Å²) in [5.41, 5.74) is 3.64. The molecule has 1 aromatic heterocycles. The van der Waals surface area contributed by atoms with Gasteiger partial charge in [-0.05, 0) is 19.8 Å². The molecule has 17 heavy (non-hydrogen) atoms. The summed E-state index contributed by atoms with van der Waals surface area (Å²) in [4.78, 5) is 5.96. The predicted octanol–water partition coefficient (Wildman–Crippen LogP) is 2.97. The Hall–Kier alpha value is -1.19. The Morgan fingerprint density at radius 2 is 2.06 bits per heavy atom. The molecule has 0 saturated heterocycles. The van der Waals surface area contributed by atoms with Gasteiger partial charge in [-0.3, -0.25) is 0 Å². The topological polar surface area (TPSA) is 33.1 Å². The third kappa shape index (κ3) is 2.13. The van der Waals surface area contributed by atoms with E-state index in [9.17, 15) is 5.11 Å². The van der Waals surface area contributed by atoms with Crippen LogP contribution in [0, 0.1) is 6.92 Å². The Bertz CT molecular complexity index is 530. The normalized spacial score (nSPS) is 19.1. The first kappa shape index (κ1) is 10.9. The zero-order chi connectivity index (χ0) is 11.8. The molecule has 0 bridgehead atoms. The molecule has 0 amide bonds. The minimum atomic E-state index is -0.172. The molecule has 0 fully saturated rings. The summed E-state index contributed by atoms with van der Waals surface area (Å²) in [6, 6.07) is 8.47. The molecule has 1 heterocycles. The zero-order valence-electron chi connectivity index (χ0n) is 9.81. The van der Waals surface area contributed by atoms with Crippen molar-refractivity contribution in [3.05, 3.63) is 40.4 Å². The number of aliphatic hydroxyl groups excluding tert-OH is 1. The van der Waals surface area contributed by atoms with Crippen LogP contribution < -0.4 is 0 Å². The van der Waals surface area contributed by atoms with E-state index in [1.807, 2.05) is 0 Å². The van der Waals surface area contributed by atoms with Crippen LogP contribution in [0.2, 0.25) is 0 Å². The molecule has 1 aliphatic carbocycles. The number of rotatable bonds is 1. The van der Waals surface area contributed by atoms with Gasteiger partial charge >= 0.3 is 0 Å². The van der Waals surface area contributed by atoms with Crippen LogP contribution in [-0.4, -0.2) is 16.2 Å². The molecule has 2 aromatic rings. The molecule has 1 aromatic carbocycles. The van der Waals surface area contributed by atoms with Gasteiger partial charge in [0.25, 0.3) is 0 Å². The van der Waals surface area contributed by atoms with Crippen molar-refractivity contribution >= 4 is 11.3 Å². The van der Waals surface area contributed by atoms with E-state index in [0.717, 1.165) is 24.3 Å². The molecule has 0 radical (unpaired) electrons. The van der Waals surface area contributed by atoms with Crippen LogP contribution in [-0.2, 0) is 12.8 Å². The second-order valence-corrected chi connectivity index (χ2v) is 5.74. The summed E-state index contributed by atoms with van der Waals surface area (Å²) in [6.07, 6.45) is 2.37. The second kappa shape index (κ2) is 4.24. The lowest BCUT2D eigenvalue weighted by atomic mass is 10.0. The highest BCUT2D eigenvalue weighted by Gasteiger charge is 2.21. The maximum absolute atomic E-state index is 9.65. The van der Waals surface area contributed by atoms with Crippen LogP contribution in [0.15, 0.2) is 24.3 Å². The van der Waals surface area contributed by atoms with Crippen molar-refractivity contribution in [1.29, 1.82) is 0 Å². The van der Waals surface area contributed by atoms with Crippen molar-refractivity contribution in [2.75, 3.05) is 0 Å². The number of fused-ring (bicyclic) bond motifs is 1. The Kier molecular flexibility index (Phi) is 2.73. The van der Waals surface area contributed by atoms with Crippen molar-refractivity contribution in [2.24, 2.45) is 0 Å². The summed E-state index contributed by atoms with van der Waals surface area (Å²) in [5, 5.41) is 10.7. The van der Waals surface area contributed by atoms with E-state index in [4.69, 9.17) is 4.98 Å². The average molecular weight is 245 g/mol. The summed E-state index contributed by atoms with van der Waals surface area (Å²) >= 11 is 1.73. The first-order chi connectivity index (χ1) is 8.22. The quantitative estimate of drug-likeness (QED) is 0.838.